The molecule has 2 aromatic carbocycles. The van der Waals surface area contributed by atoms with Crippen LogP contribution in [0.1, 0.15) is 12.8 Å². The molecule has 0 aliphatic heterocycles. The fraction of sp³-hybridized carbons (Fsp3) is 0.190. The van der Waals surface area contributed by atoms with Gasteiger partial charge in [0, 0.05) is 17.1 Å². The Morgan fingerprint density at radius 1 is 1.29 bits per heavy atom. The van der Waals surface area contributed by atoms with Gasteiger partial charge in [-0.05, 0) is 25.1 Å². The molecule has 0 saturated heterocycles. The Bertz CT molecular complexity index is 943. The van der Waals surface area contributed by atoms with E-state index >= 15 is 0 Å². The van der Waals surface area contributed by atoms with Crippen molar-refractivity contribution < 1.29 is 14.1 Å². The maximum atomic E-state index is 12.8. The second kappa shape index (κ2) is 9.19. The molecule has 1 aromatic heterocycles. The summed E-state index contributed by atoms with van der Waals surface area (Å²) in [7, 11) is 0. The summed E-state index contributed by atoms with van der Waals surface area (Å²) >= 11 is 5.96. The van der Waals surface area contributed by atoms with Crippen LogP contribution in [0, 0.1) is 0 Å². The first-order valence-electron chi connectivity index (χ1n) is 8.76. The van der Waals surface area contributed by atoms with Crippen molar-refractivity contribution in [2.75, 3.05) is 6.54 Å². The standard InChI is InChI=1S/C21H20ClN3O3/c1-3-12-25(21(26)15(2)27-18-11-7-10-17(22)13-18)14-19-23-20(24-28-19)16-8-5-4-6-9-16/h3-11,13,15H,1,12,14H2,2H3/t15-/m1/s1. The van der Waals surface area contributed by atoms with Crippen molar-refractivity contribution in [3.8, 4) is 17.1 Å². The third-order valence-electron chi connectivity index (χ3n) is 3.94. The molecule has 1 atom stereocenters. The zero-order valence-corrected chi connectivity index (χ0v) is 16.2. The molecule has 144 valence electrons. The second-order valence-electron chi connectivity index (χ2n) is 6.10. The summed E-state index contributed by atoms with van der Waals surface area (Å²) in [5.41, 5.74) is 0.844. The fourth-order valence-electron chi connectivity index (χ4n) is 2.63. The Balaban J connectivity index is 1.69. The smallest absolute Gasteiger partial charge is 0.264 e. The van der Waals surface area contributed by atoms with Gasteiger partial charge in [0.05, 0.1) is 0 Å². The molecular weight excluding hydrogens is 378 g/mol. The van der Waals surface area contributed by atoms with E-state index in [1.165, 1.54) is 0 Å². The molecular formula is C21H20ClN3O3. The molecule has 7 heteroatoms. The molecule has 0 radical (unpaired) electrons. The van der Waals surface area contributed by atoms with E-state index in [0.717, 1.165) is 5.56 Å². The number of aromatic nitrogens is 2. The molecule has 0 saturated carbocycles. The van der Waals surface area contributed by atoms with Crippen LogP contribution < -0.4 is 4.74 Å². The first kappa shape index (κ1) is 19.6. The van der Waals surface area contributed by atoms with Crippen molar-refractivity contribution in [3.63, 3.8) is 0 Å². The number of rotatable bonds is 8. The lowest BCUT2D eigenvalue weighted by atomic mass is 10.2. The van der Waals surface area contributed by atoms with E-state index in [-0.39, 0.29) is 12.5 Å². The van der Waals surface area contributed by atoms with E-state index in [1.54, 1.807) is 42.2 Å². The van der Waals surface area contributed by atoms with Gasteiger partial charge in [0.2, 0.25) is 11.7 Å². The Kier molecular flexibility index (Phi) is 6.45. The predicted octanol–water partition coefficient (Wildman–Crippen LogP) is 4.37. The van der Waals surface area contributed by atoms with Crippen LogP contribution in [0.3, 0.4) is 0 Å². The van der Waals surface area contributed by atoms with Gasteiger partial charge < -0.3 is 14.2 Å². The highest BCUT2D eigenvalue weighted by Crippen LogP contribution is 2.20. The highest BCUT2D eigenvalue weighted by molar-refractivity contribution is 6.30. The zero-order valence-electron chi connectivity index (χ0n) is 15.4. The van der Waals surface area contributed by atoms with Gasteiger partial charge in [-0.1, -0.05) is 59.2 Å². The third-order valence-corrected chi connectivity index (χ3v) is 4.18. The summed E-state index contributed by atoms with van der Waals surface area (Å²) in [6.07, 6.45) is 0.924. The van der Waals surface area contributed by atoms with E-state index in [1.807, 2.05) is 30.3 Å². The van der Waals surface area contributed by atoms with E-state index < -0.39 is 6.10 Å². The molecule has 0 spiro atoms. The van der Waals surface area contributed by atoms with E-state index in [0.29, 0.717) is 29.0 Å². The molecule has 0 aliphatic rings. The van der Waals surface area contributed by atoms with E-state index in [9.17, 15) is 4.79 Å². The number of amides is 1. The largest absolute Gasteiger partial charge is 0.481 e. The average molecular weight is 398 g/mol. The SMILES string of the molecule is C=CCN(Cc1nc(-c2ccccc2)no1)C(=O)[C@@H](C)Oc1cccc(Cl)c1. The minimum absolute atomic E-state index is 0.161. The highest BCUT2D eigenvalue weighted by Gasteiger charge is 2.23. The predicted molar refractivity (Wildman–Crippen MR) is 107 cm³/mol. The van der Waals surface area contributed by atoms with E-state index in [2.05, 4.69) is 16.7 Å². The Labute approximate surface area is 168 Å². The number of benzene rings is 2. The maximum Gasteiger partial charge on any atom is 0.264 e. The number of nitrogens with zero attached hydrogens (tertiary/aromatic N) is 3. The molecule has 6 nitrogen and oxygen atoms in total. The lowest BCUT2D eigenvalue weighted by Crippen LogP contribution is -2.40. The summed E-state index contributed by atoms with van der Waals surface area (Å²) in [5.74, 6) is 1.12. The first-order valence-corrected chi connectivity index (χ1v) is 9.14. The molecule has 0 aliphatic carbocycles. The van der Waals surface area contributed by atoms with Crippen LogP contribution in [-0.2, 0) is 11.3 Å². The topological polar surface area (TPSA) is 68.5 Å². The van der Waals surface area contributed by atoms with Gasteiger partial charge in [-0.2, -0.15) is 4.98 Å². The Hall–Kier alpha value is -3.12. The number of halogens is 1. The van der Waals surface area contributed by atoms with E-state index in [4.69, 9.17) is 20.9 Å². The number of hydrogen-bond donors (Lipinski definition) is 0. The first-order chi connectivity index (χ1) is 13.6. The second-order valence-corrected chi connectivity index (χ2v) is 6.54. The fourth-order valence-corrected chi connectivity index (χ4v) is 2.81. The lowest BCUT2D eigenvalue weighted by molar-refractivity contribution is -0.138. The van der Waals surface area contributed by atoms with Gasteiger partial charge in [0.25, 0.3) is 5.91 Å². The van der Waals surface area contributed by atoms with Gasteiger partial charge in [-0.25, -0.2) is 0 Å². The molecule has 0 unspecified atom stereocenters. The van der Waals surface area contributed by atoms with Crippen molar-refractivity contribution in [2.24, 2.45) is 0 Å². The monoisotopic (exact) mass is 397 g/mol. The summed E-state index contributed by atoms with van der Waals surface area (Å²) in [6, 6.07) is 16.4. The van der Waals surface area contributed by atoms with Crippen LogP contribution in [0.15, 0.2) is 71.8 Å². The lowest BCUT2D eigenvalue weighted by Gasteiger charge is -2.23. The van der Waals surface area contributed by atoms with Crippen molar-refractivity contribution in [1.82, 2.24) is 15.0 Å². The average Bonchev–Trinajstić information content (AvgIpc) is 3.16. The van der Waals surface area contributed by atoms with Crippen LogP contribution in [0.2, 0.25) is 5.02 Å². The summed E-state index contributed by atoms with van der Waals surface area (Å²) in [5, 5.41) is 4.53. The van der Waals surface area contributed by atoms with Crippen molar-refractivity contribution in [2.45, 2.75) is 19.6 Å². The number of carbonyl (C=O) groups is 1. The minimum atomic E-state index is -0.713. The molecule has 28 heavy (non-hydrogen) atoms. The zero-order chi connectivity index (χ0) is 19.9. The summed E-state index contributed by atoms with van der Waals surface area (Å²) in [6.45, 7) is 5.88. The maximum absolute atomic E-state index is 12.8. The highest BCUT2D eigenvalue weighted by atomic mass is 35.5. The molecule has 3 aromatic rings. The number of carbonyl (C=O) groups excluding carboxylic acids is 1. The molecule has 0 bridgehead atoms. The van der Waals surface area contributed by atoms with Crippen LogP contribution in [0.25, 0.3) is 11.4 Å². The van der Waals surface area contributed by atoms with Crippen LogP contribution in [0.5, 0.6) is 5.75 Å². The molecule has 3 rings (SSSR count). The normalized spacial score (nSPS) is 11.6. The summed E-state index contributed by atoms with van der Waals surface area (Å²) in [4.78, 5) is 18.8. The van der Waals surface area contributed by atoms with Gasteiger partial charge in [0.15, 0.2) is 6.10 Å². The van der Waals surface area contributed by atoms with Crippen molar-refractivity contribution in [1.29, 1.82) is 0 Å². The molecule has 0 fully saturated rings. The number of ether oxygens (including phenoxy) is 1. The third kappa shape index (κ3) is 4.98. The van der Waals surface area contributed by atoms with Crippen LogP contribution >= 0.6 is 11.6 Å². The Morgan fingerprint density at radius 3 is 2.79 bits per heavy atom. The molecule has 0 N–H and O–H groups in total. The van der Waals surface area contributed by atoms with Gasteiger partial charge >= 0.3 is 0 Å². The quantitative estimate of drug-likeness (QED) is 0.528. The Morgan fingerprint density at radius 2 is 2.07 bits per heavy atom. The summed E-state index contributed by atoms with van der Waals surface area (Å²) < 4.78 is 11.0. The van der Waals surface area contributed by atoms with Gasteiger partial charge in [-0.3, -0.25) is 4.79 Å². The van der Waals surface area contributed by atoms with Gasteiger partial charge in [0.1, 0.15) is 12.3 Å². The van der Waals surface area contributed by atoms with Crippen molar-refractivity contribution in [3.05, 3.63) is 78.2 Å². The van der Waals surface area contributed by atoms with Crippen LogP contribution in [-0.4, -0.2) is 33.6 Å². The number of hydrogen-bond acceptors (Lipinski definition) is 5. The van der Waals surface area contributed by atoms with Crippen LogP contribution in [0.4, 0.5) is 0 Å². The van der Waals surface area contributed by atoms with Gasteiger partial charge in [-0.15, -0.1) is 6.58 Å². The minimum Gasteiger partial charge on any atom is -0.481 e. The molecule has 1 heterocycles. The van der Waals surface area contributed by atoms with Crippen molar-refractivity contribution >= 4 is 17.5 Å². The molecule has 1 amide bonds.